The Balaban J connectivity index is 1.76. The van der Waals surface area contributed by atoms with Crippen LogP contribution in [-0.2, 0) is 11.2 Å². The Bertz CT molecular complexity index is 744. The van der Waals surface area contributed by atoms with Crippen LogP contribution in [0.5, 0.6) is 0 Å². The molecule has 4 nitrogen and oxygen atoms in total. The standard InChI is InChI=1S/C17H16F2N2O2/c18-11-5-10(6-12(19)8-11)16(22)17(23)21-13-2-3-14-9(7-13)1-4-15(14)20/h2-3,5-8,15-16,22H,1,4,20H2,(H,21,23)/t15-,16?/m0/s1. The van der Waals surface area contributed by atoms with Gasteiger partial charge < -0.3 is 16.2 Å². The Morgan fingerprint density at radius 1 is 1.22 bits per heavy atom. The lowest BCUT2D eigenvalue weighted by atomic mass is 10.1. The van der Waals surface area contributed by atoms with Crippen molar-refractivity contribution in [2.75, 3.05) is 5.32 Å². The van der Waals surface area contributed by atoms with Gasteiger partial charge in [0.2, 0.25) is 0 Å². The number of benzene rings is 2. The Morgan fingerprint density at radius 2 is 1.91 bits per heavy atom. The lowest BCUT2D eigenvalue weighted by molar-refractivity contribution is -0.124. The number of nitrogens with two attached hydrogens (primary N) is 1. The number of aliphatic hydroxyl groups excluding tert-OH is 1. The van der Waals surface area contributed by atoms with Crippen molar-refractivity contribution < 1.29 is 18.7 Å². The van der Waals surface area contributed by atoms with Crippen LogP contribution in [0.25, 0.3) is 0 Å². The summed E-state index contributed by atoms with van der Waals surface area (Å²) in [6, 6.07) is 7.88. The van der Waals surface area contributed by atoms with Crippen LogP contribution >= 0.6 is 0 Å². The van der Waals surface area contributed by atoms with Gasteiger partial charge in [0.25, 0.3) is 5.91 Å². The van der Waals surface area contributed by atoms with Crippen LogP contribution in [0.3, 0.4) is 0 Å². The number of fused-ring (bicyclic) bond motifs is 1. The molecule has 0 aliphatic heterocycles. The summed E-state index contributed by atoms with van der Waals surface area (Å²) in [7, 11) is 0. The average molecular weight is 318 g/mol. The third-order valence-corrected chi connectivity index (χ3v) is 3.98. The maximum atomic E-state index is 13.2. The van der Waals surface area contributed by atoms with Gasteiger partial charge in [0.1, 0.15) is 11.6 Å². The van der Waals surface area contributed by atoms with E-state index in [-0.39, 0.29) is 11.6 Å². The molecule has 0 spiro atoms. The molecule has 120 valence electrons. The first kappa shape index (κ1) is 15.6. The number of hydrogen-bond acceptors (Lipinski definition) is 3. The molecule has 0 saturated heterocycles. The minimum atomic E-state index is -1.66. The first-order chi connectivity index (χ1) is 10.9. The molecule has 3 rings (SSSR count). The molecule has 2 aromatic rings. The van der Waals surface area contributed by atoms with E-state index in [0.717, 1.165) is 36.1 Å². The van der Waals surface area contributed by atoms with E-state index in [1.165, 1.54) is 0 Å². The van der Waals surface area contributed by atoms with Crippen molar-refractivity contribution in [2.24, 2.45) is 5.73 Å². The number of anilines is 1. The summed E-state index contributed by atoms with van der Waals surface area (Å²) >= 11 is 0. The second kappa shape index (κ2) is 6.06. The molecule has 0 fully saturated rings. The van der Waals surface area contributed by atoms with E-state index < -0.39 is 23.6 Å². The van der Waals surface area contributed by atoms with Gasteiger partial charge in [-0.25, -0.2) is 8.78 Å². The van der Waals surface area contributed by atoms with Crippen LogP contribution in [-0.4, -0.2) is 11.0 Å². The molecular weight excluding hydrogens is 302 g/mol. The number of nitrogens with one attached hydrogen (secondary N) is 1. The van der Waals surface area contributed by atoms with Gasteiger partial charge in [0, 0.05) is 17.8 Å². The molecule has 1 aliphatic rings. The topological polar surface area (TPSA) is 75.3 Å². The molecule has 2 atom stereocenters. The first-order valence-electron chi connectivity index (χ1n) is 7.27. The Labute approximate surface area is 131 Å². The highest BCUT2D eigenvalue weighted by Crippen LogP contribution is 2.31. The van der Waals surface area contributed by atoms with E-state index in [1.807, 2.05) is 6.07 Å². The van der Waals surface area contributed by atoms with Crippen LogP contribution in [0, 0.1) is 11.6 Å². The number of carbonyl (C=O) groups excluding carboxylic acids is 1. The highest BCUT2D eigenvalue weighted by molar-refractivity contribution is 5.94. The van der Waals surface area contributed by atoms with Crippen LogP contribution in [0.15, 0.2) is 36.4 Å². The number of aryl methyl sites for hydroxylation is 1. The van der Waals surface area contributed by atoms with Crippen molar-refractivity contribution in [3.05, 3.63) is 64.7 Å². The largest absolute Gasteiger partial charge is 0.378 e. The SMILES string of the molecule is N[C@H]1CCc2cc(NC(=O)C(O)c3cc(F)cc(F)c3)ccc21. The summed E-state index contributed by atoms with van der Waals surface area (Å²) in [4.78, 5) is 12.1. The molecule has 0 bridgehead atoms. The molecule has 0 radical (unpaired) electrons. The lowest BCUT2D eigenvalue weighted by Gasteiger charge is -2.13. The van der Waals surface area contributed by atoms with E-state index in [1.54, 1.807) is 12.1 Å². The number of amides is 1. The van der Waals surface area contributed by atoms with Gasteiger partial charge in [-0.05, 0) is 53.8 Å². The zero-order valence-corrected chi connectivity index (χ0v) is 12.2. The second-order valence-electron chi connectivity index (χ2n) is 5.65. The van der Waals surface area contributed by atoms with Gasteiger partial charge in [-0.2, -0.15) is 0 Å². The number of carbonyl (C=O) groups is 1. The molecule has 2 aromatic carbocycles. The summed E-state index contributed by atoms with van der Waals surface area (Å²) in [6.45, 7) is 0. The molecule has 1 unspecified atom stereocenters. The van der Waals surface area contributed by atoms with E-state index >= 15 is 0 Å². The van der Waals surface area contributed by atoms with Gasteiger partial charge in [0.05, 0.1) is 0 Å². The fourth-order valence-electron chi connectivity index (χ4n) is 2.82. The van der Waals surface area contributed by atoms with Crippen LogP contribution < -0.4 is 11.1 Å². The van der Waals surface area contributed by atoms with Crippen molar-refractivity contribution in [3.63, 3.8) is 0 Å². The minimum absolute atomic E-state index is 0.00982. The molecule has 1 aliphatic carbocycles. The third kappa shape index (κ3) is 3.23. The normalized spacial score (nSPS) is 17.7. The van der Waals surface area contributed by atoms with Gasteiger partial charge in [-0.15, -0.1) is 0 Å². The number of halogens is 2. The molecular formula is C17H16F2N2O2. The van der Waals surface area contributed by atoms with Crippen LogP contribution in [0.1, 0.15) is 35.3 Å². The second-order valence-corrected chi connectivity index (χ2v) is 5.65. The average Bonchev–Trinajstić information content (AvgIpc) is 2.86. The Morgan fingerprint density at radius 3 is 2.61 bits per heavy atom. The van der Waals surface area contributed by atoms with Crippen molar-refractivity contribution in [3.8, 4) is 0 Å². The predicted molar refractivity (Wildman–Crippen MR) is 81.6 cm³/mol. The summed E-state index contributed by atoms with van der Waals surface area (Å²) in [6.07, 6.45) is 0.0335. The molecule has 0 saturated carbocycles. The number of rotatable bonds is 3. The van der Waals surface area contributed by atoms with Crippen LogP contribution in [0.4, 0.5) is 14.5 Å². The van der Waals surface area contributed by atoms with Gasteiger partial charge in [0.15, 0.2) is 6.10 Å². The molecule has 1 amide bonds. The highest BCUT2D eigenvalue weighted by Gasteiger charge is 2.22. The van der Waals surface area contributed by atoms with E-state index in [9.17, 15) is 18.7 Å². The molecule has 4 N–H and O–H groups in total. The Hall–Kier alpha value is -2.31. The van der Waals surface area contributed by atoms with Gasteiger partial charge in [-0.3, -0.25) is 4.79 Å². The molecule has 23 heavy (non-hydrogen) atoms. The zero-order chi connectivity index (χ0) is 16.6. The molecule has 6 heteroatoms. The maximum absolute atomic E-state index is 13.2. The van der Waals surface area contributed by atoms with Gasteiger partial charge in [-0.1, -0.05) is 6.07 Å². The van der Waals surface area contributed by atoms with E-state index in [4.69, 9.17) is 5.73 Å². The smallest absolute Gasteiger partial charge is 0.257 e. The van der Waals surface area contributed by atoms with Crippen molar-refractivity contribution in [1.29, 1.82) is 0 Å². The van der Waals surface area contributed by atoms with Crippen molar-refractivity contribution in [2.45, 2.75) is 25.0 Å². The van der Waals surface area contributed by atoms with E-state index in [0.29, 0.717) is 11.8 Å². The number of hydrogen-bond donors (Lipinski definition) is 3. The van der Waals surface area contributed by atoms with Crippen LogP contribution in [0.2, 0.25) is 0 Å². The first-order valence-corrected chi connectivity index (χ1v) is 7.27. The summed E-state index contributed by atoms with van der Waals surface area (Å²) < 4.78 is 26.3. The minimum Gasteiger partial charge on any atom is -0.378 e. The third-order valence-electron chi connectivity index (χ3n) is 3.98. The highest BCUT2D eigenvalue weighted by atomic mass is 19.1. The summed E-state index contributed by atoms with van der Waals surface area (Å²) in [5.41, 5.74) is 8.44. The molecule has 0 heterocycles. The van der Waals surface area contributed by atoms with E-state index in [2.05, 4.69) is 5.32 Å². The van der Waals surface area contributed by atoms with Gasteiger partial charge >= 0.3 is 0 Å². The predicted octanol–water partition coefficient (Wildman–Crippen LogP) is 2.58. The molecule has 0 aromatic heterocycles. The monoisotopic (exact) mass is 318 g/mol. The Kier molecular flexibility index (Phi) is 4.11. The lowest BCUT2D eigenvalue weighted by Crippen LogP contribution is -2.21. The fraction of sp³-hybridized carbons (Fsp3) is 0.235. The summed E-state index contributed by atoms with van der Waals surface area (Å²) in [5, 5.41) is 12.5. The summed E-state index contributed by atoms with van der Waals surface area (Å²) in [5.74, 6) is -2.45. The van der Waals surface area contributed by atoms with Crippen molar-refractivity contribution in [1.82, 2.24) is 0 Å². The van der Waals surface area contributed by atoms with Crippen molar-refractivity contribution >= 4 is 11.6 Å². The quantitative estimate of drug-likeness (QED) is 0.814. The zero-order valence-electron chi connectivity index (χ0n) is 12.2. The fourth-order valence-corrected chi connectivity index (χ4v) is 2.82. The number of aliphatic hydroxyl groups is 1. The maximum Gasteiger partial charge on any atom is 0.257 e.